The van der Waals surface area contributed by atoms with Crippen molar-refractivity contribution in [3.8, 4) is 5.75 Å². The highest BCUT2D eigenvalue weighted by Crippen LogP contribution is 2.41. The molecule has 0 saturated heterocycles. The van der Waals surface area contributed by atoms with Gasteiger partial charge in [-0.3, -0.25) is 9.59 Å². The predicted molar refractivity (Wildman–Crippen MR) is 137 cm³/mol. The van der Waals surface area contributed by atoms with Gasteiger partial charge in [-0.2, -0.15) is 0 Å². The summed E-state index contributed by atoms with van der Waals surface area (Å²) in [5.41, 5.74) is 5.36. The van der Waals surface area contributed by atoms with Crippen molar-refractivity contribution in [3.63, 3.8) is 0 Å². The number of aryl methyl sites for hydroxylation is 1. The highest BCUT2D eigenvalue weighted by atomic mass is 16.5. The van der Waals surface area contributed by atoms with Crippen molar-refractivity contribution in [2.45, 2.75) is 51.7 Å². The van der Waals surface area contributed by atoms with Crippen LogP contribution >= 0.6 is 0 Å². The van der Waals surface area contributed by atoms with Crippen LogP contribution in [0.3, 0.4) is 0 Å². The van der Waals surface area contributed by atoms with Crippen molar-refractivity contribution in [3.05, 3.63) is 95.1 Å². The fourth-order valence-corrected chi connectivity index (χ4v) is 4.81. The summed E-state index contributed by atoms with van der Waals surface area (Å²) >= 11 is 0. The summed E-state index contributed by atoms with van der Waals surface area (Å²) in [5.74, 6) is 0.894. The number of para-hydroxylation sites is 1. The number of benzene rings is 3. The number of rotatable bonds is 7. The van der Waals surface area contributed by atoms with Gasteiger partial charge in [0.15, 0.2) is 6.10 Å². The second-order valence-corrected chi connectivity index (χ2v) is 9.60. The van der Waals surface area contributed by atoms with Crippen LogP contribution in [0.15, 0.2) is 72.8 Å². The van der Waals surface area contributed by atoms with Gasteiger partial charge in [0.1, 0.15) is 5.75 Å². The van der Waals surface area contributed by atoms with Crippen LogP contribution in [-0.4, -0.2) is 29.4 Å². The molecule has 180 valence electrons. The molecule has 1 aliphatic heterocycles. The largest absolute Gasteiger partial charge is 0.481 e. The Bertz CT molecular complexity index is 1200. The molecule has 0 aromatic heterocycles. The first-order valence-corrected chi connectivity index (χ1v) is 12.6. The quantitative estimate of drug-likeness (QED) is 0.486. The average Bonchev–Trinajstić information content (AvgIpc) is 3.73. The van der Waals surface area contributed by atoms with Gasteiger partial charge in [0.2, 0.25) is 5.91 Å². The third-order valence-corrected chi connectivity index (χ3v) is 6.93. The third kappa shape index (κ3) is 5.09. The zero-order chi connectivity index (χ0) is 24.4. The van der Waals surface area contributed by atoms with Gasteiger partial charge in [0.05, 0.1) is 6.04 Å². The smallest absolute Gasteiger partial charge is 0.265 e. The molecule has 35 heavy (non-hydrogen) atoms. The fraction of sp³-hybridized carbons (Fsp3) is 0.333. The Morgan fingerprint density at radius 1 is 1.03 bits per heavy atom. The molecule has 1 heterocycles. The minimum Gasteiger partial charge on any atom is -0.481 e. The molecule has 2 unspecified atom stereocenters. The summed E-state index contributed by atoms with van der Waals surface area (Å²) in [6.07, 6.45) is 2.73. The maximum absolute atomic E-state index is 13.2. The summed E-state index contributed by atoms with van der Waals surface area (Å²) in [5, 5.41) is 2.94. The number of nitrogens with zero attached hydrogens (tertiary/aromatic N) is 1. The predicted octanol–water partition coefficient (Wildman–Crippen LogP) is 5.68. The monoisotopic (exact) mass is 468 g/mol. The second kappa shape index (κ2) is 9.95. The second-order valence-electron chi connectivity index (χ2n) is 9.60. The maximum atomic E-state index is 13.2. The van der Waals surface area contributed by atoms with Gasteiger partial charge in [-0.05, 0) is 73.6 Å². The lowest BCUT2D eigenvalue weighted by molar-refractivity contribution is -0.134. The number of hydrogen-bond donors (Lipinski definition) is 1. The van der Waals surface area contributed by atoms with Crippen molar-refractivity contribution in [1.82, 2.24) is 4.90 Å². The summed E-state index contributed by atoms with van der Waals surface area (Å²) in [6, 6.07) is 23.8. The molecule has 1 aliphatic carbocycles. The maximum Gasteiger partial charge on any atom is 0.265 e. The number of nitrogens with one attached hydrogen (secondary N) is 1. The van der Waals surface area contributed by atoms with E-state index < -0.39 is 6.10 Å². The fourth-order valence-electron chi connectivity index (χ4n) is 4.81. The first-order valence-electron chi connectivity index (χ1n) is 12.6. The molecular weight excluding hydrogens is 436 g/mol. The molecule has 2 amide bonds. The number of amides is 2. The van der Waals surface area contributed by atoms with E-state index >= 15 is 0 Å². The van der Waals surface area contributed by atoms with Crippen LogP contribution in [0, 0.1) is 12.8 Å². The summed E-state index contributed by atoms with van der Waals surface area (Å²) in [7, 11) is 0. The molecule has 5 rings (SSSR count). The molecule has 1 saturated carbocycles. The Morgan fingerprint density at radius 2 is 1.77 bits per heavy atom. The first kappa shape index (κ1) is 23.2. The van der Waals surface area contributed by atoms with Gasteiger partial charge in [-0.15, -0.1) is 0 Å². The van der Waals surface area contributed by atoms with Gasteiger partial charge in [-0.25, -0.2) is 0 Å². The van der Waals surface area contributed by atoms with Crippen LogP contribution in [0.25, 0.3) is 0 Å². The lowest BCUT2D eigenvalue weighted by Gasteiger charge is -2.38. The van der Waals surface area contributed by atoms with Gasteiger partial charge in [-0.1, -0.05) is 61.0 Å². The third-order valence-electron chi connectivity index (χ3n) is 6.93. The van der Waals surface area contributed by atoms with E-state index in [1.807, 2.05) is 54.3 Å². The minimum absolute atomic E-state index is 0.144. The molecule has 3 aromatic carbocycles. The van der Waals surface area contributed by atoms with E-state index in [1.165, 1.54) is 11.1 Å². The Balaban J connectivity index is 1.43. The normalized spacial score (nSPS) is 17.9. The van der Waals surface area contributed by atoms with Crippen molar-refractivity contribution in [1.29, 1.82) is 0 Å². The van der Waals surface area contributed by atoms with Crippen LogP contribution in [0.2, 0.25) is 0 Å². The number of ether oxygens (including phenoxy) is 1. The summed E-state index contributed by atoms with van der Waals surface area (Å²) < 4.78 is 6.21. The summed E-state index contributed by atoms with van der Waals surface area (Å²) in [4.78, 5) is 28.2. The number of anilines is 1. The van der Waals surface area contributed by atoms with Gasteiger partial charge >= 0.3 is 0 Å². The first-order chi connectivity index (χ1) is 17.0. The highest BCUT2D eigenvalue weighted by Gasteiger charge is 2.39. The molecule has 1 N–H and O–H groups in total. The van der Waals surface area contributed by atoms with Gasteiger partial charge in [0, 0.05) is 18.2 Å². The number of hydrogen-bond acceptors (Lipinski definition) is 3. The van der Waals surface area contributed by atoms with E-state index in [0.29, 0.717) is 12.2 Å². The van der Waals surface area contributed by atoms with Crippen molar-refractivity contribution in [2.75, 3.05) is 11.9 Å². The molecule has 0 spiro atoms. The number of carbonyl (C=O) groups is 2. The van der Waals surface area contributed by atoms with Crippen molar-refractivity contribution in [2.24, 2.45) is 5.92 Å². The SMILES string of the molecule is CCC(Oc1ccc2c(c1)C(c1ccc(C)cc1)N(C(=O)C1CC1)CC2)C(=O)Nc1ccccc1. The topological polar surface area (TPSA) is 58.6 Å². The Morgan fingerprint density at radius 3 is 2.46 bits per heavy atom. The van der Waals surface area contributed by atoms with Crippen LogP contribution in [-0.2, 0) is 16.0 Å². The van der Waals surface area contributed by atoms with E-state index in [9.17, 15) is 9.59 Å². The average molecular weight is 469 g/mol. The molecular formula is C30H32N2O3. The number of carbonyl (C=O) groups excluding carboxylic acids is 2. The van der Waals surface area contributed by atoms with E-state index in [4.69, 9.17) is 4.74 Å². The molecule has 1 fully saturated rings. The zero-order valence-electron chi connectivity index (χ0n) is 20.4. The zero-order valence-corrected chi connectivity index (χ0v) is 20.4. The highest BCUT2D eigenvalue weighted by molar-refractivity contribution is 5.94. The van der Waals surface area contributed by atoms with E-state index in [2.05, 4.69) is 42.6 Å². The lowest BCUT2D eigenvalue weighted by atomic mass is 9.87. The molecule has 5 nitrogen and oxygen atoms in total. The lowest BCUT2D eigenvalue weighted by Crippen LogP contribution is -2.41. The van der Waals surface area contributed by atoms with E-state index in [-0.39, 0.29) is 23.8 Å². The van der Waals surface area contributed by atoms with Crippen molar-refractivity contribution >= 4 is 17.5 Å². The standard InChI is InChI=1S/C30H32N2O3/c1-3-27(29(33)31-24-7-5-4-6-8-24)35-25-16-15-21-17-18-32(30(34)23-13-14-23)28(26(21)19-25)22-11-9-20(2)10-12-22/h4-12,15-16,19,23,27-28H,3,13-14,17-18H2,1-2H3,(H,31,33). The Kier molecular flexibility index (Phi) is 6.58. The van der Waals surface area contributed by atoms with Crippen LogP contribution in [0.5, 0.6) is 5.75 Å². The molecule has 2 aliphatic rings. The molecule has 2 atom stereocenters. The number of fused-ring (bicyclic) bond motifs is 1. The Hall–Kier alpha value is -3.60. The molecule has 5 heteroatoms. The molecule has 0 bridgehead atoms. The van der Waals surface area contributed by atoms with Crippen molar-refractivity contribution < 1.29 is 14.3 Å². The molecule has 3 aromatic rings. The van der Waals surface area contributed by atoms with E-state index in [1.54, 1.807) is 0 Å². The molecule has 0 radical (unpaired) electrons. The van der Waals surface area contributed by atoms with Crippen LogP contribution < -0.4 is 10.1 Å². The minimum atomic E-state index is -0.612. The van der Waals surface area contributed by atoms with Crippen LogP contribution in [0.4, 0.5) is 5.69 Å². The van der Waals surface area contributed by atoms with Gasteiger partial charge in [0.25, 0.3) is 5.91 Å². The van der Waals surface area contributed by atoms with Gasteiger partial charge < -0.3 is 15.0 Å². The van der Waals surface area contributed by atoms with E-state index in [0.717, 1.165) is 42.6 Å². The Labute approximate surface area is 207 Å². The van der Waals surface area contributed by atoms with Crippen LogP contribution in [0.1, 0.15) is 54.5 Å². The summed E-state index contributed by atoms with van der Waals surface area (Å²) in [6.45, 7) is 4.74.